The molecule has 2 aromatic rings. The number of amides is 2. The fourth-order valence-electron chi connectivity index (χ4n) is 3.97. The van der Waals surface area contributed by atoms with Crippen LogP contribution < -0.4 is 0 Å². The minimum absolute atomic E-state index is 0.00233. The van der Waals surface area contributed by atoms with Gasteiger partial charge in [-0.3, -0.25) is 14.3 Å². The van der Waals surface area contributed by atoms with Crippen molar-refractivity contribution in [2.24, 2.45) is 5.92 Å². The predicted octanol–water partition coefficient (Wildman–Crippen LogP) is 1.50. The first-order valence-electron chi connectivity index (χ1n) is 11.6. The Morgan fingerprint density at radius 1 is 1.33 bits per heavy atom. The molecule has 1 N–H and O–H groups in total. The van der Waals surface area contributed by atoms with Gasteiger partial charge < -0.3 is 19.6 Å². The van der Waals surface area contributed by atoms with Gasteiger partial charge in [0.05, 0.1) is 38.0 Å². The van der Waals surface area contributed by atoms with Gasteiger partial charge in [-0.25, -0.2) is 0 Å². The number of aromatic nitrogens is 3. The fraction of sp³-hybridized carbons (Fsp3) is 0.583. The first-order chi connectivity index (χ1) is 15.9. The number of carbonyl (C=O) groups excluding carboxylic acids is 2. The third-order valence-corrected chi connectivity index (χ3v) is 6.12. The average Bonchev–Trinajstić information content (AvgIpc) is 3.27. The summed E-state index contributed by atoms with van der Waals surface area (Å²) < 4.78 is 7.94. The van der Waals surface area contributed by atoms with Crippen LogP contribution in [-0.2, 0) is 33.9 Å². The molecule has 0 unspecified atom stereocenters. The Kier molecular flexibility index (Phi) is 8.96. The SMILES string of the molecule is C[C@H]1CN([C@@H](C)CO)C(=O)CCCn2cc(nn2)CO[C@@H]1CN(C)C(=O)Cc1ccccc1. The molecule has 0 fully saturated rings. The van der Waals surface area contributed by atoms with Gasteiger partial charge in [0.1, 0.15) is 5.69 Å². The summed E-state index contributed by atoms with van der Waals surface area (Å²) in [6, 6.07) is 9.35. The molecule has 2 heterocycles. The van der Waals surface area contributed by atoms with Crippen molar-refractivity contribution in [1.82, 2.24) is 24.8 Å². The maximum absolute atomic E-state index is 12.9. The standard InChI is InChI=1S/C24H35N5O4/c1-18-13-29(19(2)16-30)23(31)10-7-11-28-14-21(25-26-28)17-33-22(18)15-27(3)24(32)12-20-8-5-4-6-9-20/h4-6,8-9,14,18-19,22,30H,7,10-13,15-17H2,1-3H3/t18-,19-,22+/m0/s1. The lowest BCUT2D eigenvalue weighted by molar-refractivity contribution is -0.138. The number of aliphatic hydroxyl groups is 1. The zero-order valence-corrected chi connectivity index (χ0v) is 19.8. The Morgan fingerprint density at radius 3 is 2.82 bits per heavy atom. The van der Waals surface area contributed by atoms with E-state index < -0.39 is 0 Å². The molecule has 33 heavy (non-hydrogen) atoms. The molecule has 0 spiro atoms. The summed E-state index contributed by atoms with van der Waals surface area (Å²) in [5.41, 5.74) is 1.68. The number of rotatable bonds is 6. The molecule has 0 saturated heterocycles. The molecular formula is C24H35N5O4. The van der Waals surface area contributed by atoms with Crippen LogP contribution in [0.5, 0.6) is 0 Å². The van der Waals surface area contributed by atoms with Crippen molar-refractivity contribution in [3.63, 3.8) is 0 Å². The van der Waals surface area contributed by atoms with E-state index >= 15 is 0 Å². The predicted molar refractivity (Wildman–Crippen MR) is 123 cm³/mol. The van der Waals surface area contributed by atoms with Crippen molar-refractivity contribution in [3.05, 3.63) is 47.8 Å². The highest BCUT2D eigenvalue weighted by Gasteiger charge is 2.28. The van der Waals surface area contributed by atoms with Crippen LogP contribution >= 0.6 is 0 Å². The lowest BCUT2D eigenvalue weighted by atomic mass is 10.0. The molecule has 0 aliphatic carbocycles. The summed E-state index contributed by atoms with van der Waals surface area (Å²) in [6.07, 6.45) is 2.85. The number of benzene rings is 1. The summed E-state index contributed by atoms with van der Waals surface area (Å²) in [5.74, 6) is -0.0662. The summed E-state index contributed by atoms with van der Waals surface area (Å²) in [6.45, 7) is 5.45. The van der Waals surface area contributed by atoms with Crippen LogP contribution in [0.4, 0.5) is 0 Å². The van der Waals surface area contributed by atoms with E-state index in [1.807, 2.05) is 50.4 Å². The molecule has 9 heteroatoms. The average molecular weight is 458 g/mol. The number of carbonyl (C=O) groups is 2. The Bertz CT molecular complexity index is 903. The number of aliphatic hydroxyl groups excluding tert-OH is 1. The molecule has 9 nitrogen and oxygen atoms in total. The second-order valence-electron chi connectivity index (χ2n) is 8.92. The zero-order chi connectivity index (χ0) is 23.8. The first kappa shape index (κ1) is 24.9. The number of fused-ring (bicyclic) bond motifs is 2. The van der Waals surface area contributed by atoms with Crippen molar-refractivity contribution in [2.75, 3.05) is 26.7 Å². The van der Waals surface area contributed by atoms with Crippen LogP contribution in [0.1, 0.15) is 37.9 Å². The highest BCUT2D eigenvalue weighted by molar-refractivity contribution is 5.78. The van der Waals surface area contributed by atoms with Gasteiger partial charge in [0.2, 0.25) is 11.8 Å². The molecular weight excluding hydrogens is 422 g/mol. The number of aryl methyl sites for hydroxylation is 1. The minimum atomic E-state index is -0.318. The van der Waals surface area contributed by atoms with Gasteiger partial charge in [-0.15, -0.1) is 5.10 Å². The van der Waals surface area contributed by atoms with E-state index in [1.54, 1.807) is 21.5 Å². The molecule has 1 aliphatic rings. The van der Waals surface area contributed by atoms with Crippen molar-refractivity contribution in [3.8, 4) is 0 Å². The van der Waals surface area contributed by atoms with Crippen molar-refractivity contribution >= 4 is 11.8 Å². The Balaban J connectivity index is 1.75. The van der Waals surface area contributed by atoms with E-state index in [-0.39, 0.29) is 43.1 Å². The van der Waals surface area contributed by atoms with Gasteiger partial charge in [0.25, 0.3) is 0 Å². The van der Waals surface area contributed by atoms with Gasteiger partial charge in [-0.2, -0.15) is 0 Å². The molecule has 3 atom stereocenters. The van der Waals surface area contributed by atoms with Gasteiger partial charge in [0, 0.05) is 39.0 Å². The monoisotopic (exact) mass is 457 g/mol. The van der Waals surface area contributed by atoms with Crippen molar-refractivity contribution in [2.45, 2.75) is 58.4 Å². The second-order valence-corrected chi connectivity index (χ2v) is 8.92. The number of likely N-dealkylation sites (N-methyl/N-ethyl adjacent to an activating group) is 1. The Morgan fingerprint density at radius 2 is 2.09 bits per heavy atom. The van der Waals surface area contributed by atoms with Crippen LogP contribution in [-0.4, -0.2) is 80.6 Å². The lowest BCUT2D eigenvalue weighted by Crippen LogP contribution is -2.47. The van der Waals surface area contributed by atoms with Crippen LogP contribution in [0.15, 0.2) is 36.5 Å². The van der Waals surface area contributed by atoms with E-state index in [2.05, 4.69) is 10.3 Å². The summed E-state index contributed by atoms with van der Waals surface area (Å²) >= 11 is 0. The molecule has 0 saturated carbocycles. The van der Waals surface area contributed by atoms with E-state index in [0.29, 0.717) is 38.9 Å². The number of hydrogen-bond acceptors (Lipinski definition) is 6. The van der Waals surface area contributed by atoms with E-state index in [9.17, 15) is 14.7 Å². The topological polar surface area (TPSA) is 101 Å². The van der Waals surface area contributed by atoms with Crippen LogP contribution in [0.3, 0.4) is 0 Å². The largest absolute Gasteiger partial charge is 0.394 e. The lowest BCUT2D eigenvalue weighted by Gasteiger charge is -2.35. The molecule has 1 aromatic carbocycles. The van der Waals surface area contributed by atoms with Crippen molar-refractivity contribution < 1.29 is 19.4 Å². The zero-order valence-electron chi connectivity index (χ0n) is 19.8. The van der Waals surface area contributed by atoms with Gasteiger partial charge in [-0.1, -0.05) is 42.5 Å². The van der Waals surface area contributed by atoms with E-state index in [4.69, 9.17) is 4.74 Å². The molecule has 1 aromatic heterocycles. The maximum Gasteiger partial charge on any atom is 0.226 e. The van der Waals surface area contributed by atoms with E-state index in [0.717, 1.165) is 11.3 Å². The third-order valence-electron chi connectivity index (χ3n) is 6.12. The smallest absolute Gasteiger partial charge is 0.226 e. The second kappa shape index (κ2) is 11.9. The molecule has 3 rings (SSSR count). The van der Waals surface area contributed by atoms with Crippen LogP contribution in [0.2, 0.25) is 0 Å². The third kappa shape index (κ3) is 7.10. The van der Waals surface area contributed by atoms with Crippen LogP contribution in [0.25, 0.3) is 0 Å². The normalized spacial score (nSPS) is 21.0. The molecule has 1 aliphatic heterocycles. The molecule has 2 amide bonds. The first-order valence-corrected chi connectivity index (χ1v) is 11.6. The maximum atomic E-state index is 12.9. The Hall–Kier alpha value is -2.78. The molecule has 180 valence electrons. The fourth-order valence-corrected chi connectivity index (χ4v) is 3.97. The summed E-state index contributed by atoms with van der Waals surface area (Å²) in [5, 5.41) is 18.0. The quantitative estimate of drug-likeness (QED) is 0.706. The number of ether oxygens (including phenoxy) is 1. The summed E-state index contributed by atoms with van der Waals surface area (Å²) in [4.78, 5) is 29.2. The number of nitrogens with zero attached hydrogens (tertiary/aromatic N) is 5. The van der Waals surface area contributed by atoms with Crippen molar-refractivity contribution in [1.29, 1.82) is 0 Å². The van der Waals surface area contributed by atoms with Gasteiger partial charge in [-0.05, 0) is 18.9 Å². The highest BCUT2D eigenvalue weighted by Crippen LogP contribution is 2.18. The van der Waals surface area contributed by atoms with E-state index in [1.165, 1.54) is 0 Å². The Labute approximate surface area is 195 Å². The van der Waals surface area contributed by atoms with Gasteiger partial charge in [0.15, 0.2) is 0 Å². The van der Waals surface area contributed by atoms with Crippen LogP contribution in [0, 0.1) is 5.92 Å². The molecule has 0 radical (unpaired) electrons. The summed E-state index contributed by atoms with van der Waals surface area (Å²) in [7, 11) is 1.78. The van der Waals surface area contributed by atoms with Gasteiger partial charge >= 0.3 is 0 Å². The highest BCUT2D eigenvalue weighted by atomic mass is 16.5. The minimum Gasteiger partial charge on any atom is -0.394 e. The molecule has 2 bridgehead atoms. The number of hydrogen-bond donors (Lipinski definition) is 1.